The van der Waals surface area contributed by atoms with Gasteiger partial charge in [-0.15, -0.1) is 0 Å². The Kier molecular flexibility index (Phi) is 5.65. The van der Waals surface area contributed by atoms with Crippen molar-refractivity contribution in [2.24, 2.45) is 0 Å². The summed E-state index contributed by atoms with van der Waals surface area (Å²) in [5, 5.41) is 12.7. The number of amides is 1. The SMILES string of the molecule is CCNC(=O)CCC(O)c1ccc(OC)c(C)c1. The third-order valence-corrected chi connectivity index (χ3v) is 2.82. The first-order chi connectivity index (χ1) is 8.58. The van der Waals surface area contributed by atoms with Gasteiger partial charge in [-0.1, -0.05) is 6.07 Å². The van der Waals surface area contributed by atoms with Crippen molar-refractivity contribution in [2.75, 3.05) is 13.7 Å². The summed E-state index contributed by atoms with van der Waals surface area (Å²) in [5.41, 5.74) is 1.80. The molecule has 1 atom stereocenters. The molecule has 1 unspecified atom stereocenters. The Hall–Kier alpha value is -1.55. The van der Waals surface area contributed by atoms with Crippen LogP contribution in [0.1, 0.15) is 37.0 Å². The maximum Gasteiger partial charge on any atom is 0.220 e. The molecule has 1 aromatic carbocycles. The minimum Gasteiger partial charge on any atom is -0.496 e. The van der Waals surface area contributed by atoms with Gasteiger partial charge >= 0.3 is 0 Å². The molecule has 2 N–H and O–H groups in total. The van der Waals surface area contributed by atoms with Gasteiger partial charge in [-0.25, -0.2) is 0 Å². The van der Waals surface area contributed by atoms with Gasteiger partial charge in [-0.05, 0) is 43.5 Å². The number of benzene rings is 1. The fourth-order valence-electron chi connectivity index (χ4n) is 1.83. The van der Waals surface area contributed by atoms with Crippen molar-refractivity contribution in [3.8, 4) is 5.75 Å². The smallest absolute Gasteiger partial charge is 0.220 e. The van der Waals surface area contributed by atoms with Crippen LogP contribution in [0.5, 0.6) is 5.75 Å². The van der Waals surface area contributed by atoms with Crippen molar-refractivity contribution >= 4 is 5.91 Å². The fraction of sp³-hybridized carbons (Fsp3) is 0.500. The van der Waals surface area contributed by atoms with Crippen LogP contribution in [0, 0.1) is 6.92 Å². The number of aryl methyl sites for hydroxylation is 1. The minimum atomic E-state index is -0.614. The number of carbonyl (C=O) groups is 1. The number of aliphatic hydroxyl groups excluding tert-OH is 1. The molecular formula is C14H21NO3. The van der Waals surface area contributed by atoms with Gasteiger partial charge in [0.25, 0.3) is 0 Å². The highest BCUT2D eigenvalue weighted by Gasteiger charge is 2.11. The number of hydrogen-bond acceptors (Lipinski definition) is 3. The fourth-order valence-corrected chi connectivity index (χ4v) is 1.83. The molecule has 0 aliphatic rings. The summed E-state index contributed by atoms with van der Waals surface area (Å²) in [5.74, 6) is 0.774. The van der Waals surface area contributed by atoms with Gasteiger partial charge in [0.2, 0.25) is 5.91 Å². The van der Waals surface area contributed by atoms with Gasteiger partial charge in [0.05, 0.1) is 13.2 Å². The van der Waals surface area contributed by atoms with Crippen molar-refractivity contribution in [2.45, 2.75) is 32.8 Å². The van der Waals surface area contributed by atoms with Gasteiger partial charge in [-0.2, -0.15) is 0 Å². The van der Waals surface area contributed by atoms with E-state index < -0.39 is 6.10 Å². The maximum atomic E-state index is 11.3. The topological polar surface area (TPSA) is 58.6 Å². The van der Waals surface area contributed by atoms with E-state index >= 15 is 0 Å². The molecule has 4 heteroatoms. The predicted molar refractivity (Wildman–Crippen MR) is 70.6 cm³/mol. The molecule has 0 saturated heterocycles. The molecule has 0 spiro atoms. The molecular weight excluding hydrogens is 230 g/mol. The van der Waals surface area contributed by atoms with E-state index in [2.05, 4.69) is 5.32 Å². The van der Waals surface area contributed by atoms with Gasteiger partial charge < -0.3 is 15.2 Å². The number of hydrogen-bond donors (Lipinski definition) is 2. The van der Waals surface area contributed by atoms with Crippen LogP contribution < -0.4 is 10.1 Å². The number of ether oxygens (including phenoxy) is 1. The van der Waals surface area contributed by atoms with Crippen LogP contribution in [-0.2, 0) is 4.79 Å². The molecule has 18 heavy (non-hydrogen) atoms. The van der Waals surface area contributed by atoms with E-state index in [1.165, 1.54) is 0 Å². The molecule has 100 valence electrons. The molecule has 0 fully saturated rings. The quantitative estimate of drug-likeness (QED) is 0.812. The molecule has 0 heterocycles. The first-order valence-corrected chi connectivity index (χ1v) is 6.17. The van der Waals surface area contributed by atoms with Crippen LogP contribution in [0.15, 0.2) is 18.2 Å². The second kappa shape index (κ2) is 7.01. The monoisotopic (exact) mass is 251 g/mol. The molecule has 0 aliphatic carbocycles. The average molecular weight is 251 g/mol. The Morgan fingerprint density at radius 2 is 2.22 bits per heavy atom. The lowest BCUT2D eigenvalue weighted by atomic mass is 10.0. The molecule has 0 aromatic heterocycles. The van der Waals surface area contributed by atoms with E-state index in [-0.39, 0.29) is 5.91 Å². The molecule has 1 amide bonds. The van der Waals surface area contributed by atoms with E-state index in [4.69, 9.17) is 4.74 Å². The molecule has 0 saturated carbocycles. The molecule has 0 bridgehead atoms. The first-order valence-electron chi connectivity index (χ1n) is 6.17. The number of rotatable bonds is 6. The first kappa shape index (κ1) is 14.5. The largest absolute Gasteiger partial charge is 0.496 e. The predicted octanol–water partition coefficient (Wildman–Crippen LogP) is 1.95. The van der Waals surface area contributed by atoms with Crippen LogP contribution in [0.25, 0.3) is 0 Å². The molecule has 0 aliphatic heterocycles. The highest BCUT2D eigenvalue weighted by molar-refractivity contribution is 5.75. The zero-order valence-electron chi connectivity index (χ0n) is 11.2. The van der Waals surface area contributed by atoms with Gasteiger partial charge in [0.1, 0.15) is 5.75 Å². The zero-order valence-corrected chi connectivity index (χ0v) is 11.2. The number of carbonyl (C=O) groups excluding carboxylic acids is 1. The Morgan fingerprint density at radius 3 is 2.78 bits per heavy atom. The van der Waals surface area contributed by atoms with Crippen LogP contribution in [0.4, 0.5) is 0 Å². The number of nitrogens with one attached hydrogen (secondary N) is 1. The van der Waals surface area contributed by atoms with Crippen LogP contribution in [0.2, 0.25) is 0 Å². The Morgan fingerprint density at radius 1 is 1.50 bits per heavy atom. The lowest BCUT2D eigenvalue weighted by Gasteiger charge is -2.13. The van der Waals surface area contributed by atoms with Crippen molar-refractivity contribution in [1.29, 1.82) is 0 Å². The molecule has 1 aromatic rings. The average Bonchev–Trinajstić information content (AvgIpc) is 2.36. The third-order valence-electron chi connectivity index (χ3n) is 2.82. The van der Waals surface area contributed by atoms with E-state index in [1.807, 2.05) is 32.0 Å². The number of methoxy groups -OCH3 is 1. The van der Waals surface area contributed by atoms with Crippen LogP contribution in [0.3, 0.4) is 0 Å². The summed E-state index contributed by atoms with van der Waals surface area (Å²) in [4.78, 5) is 11.3. The summed E-state index contributed by atoms with van der Waals surface area (Å²) in [6.45, 7) is 4.43. The van der Waals surface area contributed by atoms with Crippen molar-refractivity contribution < 1.29 is 14.6 Å². The summed E-state index contributed by atoms with van der Waals surface area (Å²) in [7, 11) is 1.62. The second-order valence-electron chi connectivity index (χ2n) is 4.24. The van der Waals surface area contributed by atoms with Gasteiger partial charge in [0, 0.05) is 13.0 Å². The summed E-state index contributed by atoms with van der Waals surface area (Å²) >= 11 is 0. The lowest BCUT2D eigenvalue weighted by molar-refractivity contribution is -0.121. The zero-order chi connectivity index (χ0) is 13.5. The highest BCUT2D eigenvalue weighted by Crippen LogP contribution is 2.24. The second-order valence-corrected chi connectivity index (χ2v) is 4.24. The van der Waals surface area contributed by atoms with Crippen molar-refractivity contribution in [3.63, 3.8) is 0 Å². The van der Waals surface area contributed by atoms with Gasteiger partial charge in [-0.3, -0.25) is 4.79 Å². The van der Waals surface area contributed by atoms with Crippen LogP contribution in [-0.4, -0.2) is 24.7 Å². The van der Waals surface area contributed by atoms with E-state index in [0.717, 1.165) is 16.9 Å². The number of aliphatic hydroxyl groups is 1. The molecule has 0 radical (unpaired) electrons. The van der Waals surface area contributed by atoms with Crippen molar-refractivity contribution in [3.05, 3.63) is 29.3 Å². The standard InChI is InChI=1S/C14H21NO3/c1-4-15-14(17)8-6-12(16)11-5-7-13(18-3)10(2)9-11/h5,7,9,12,16H,4,6,8H2,1-3H3,(H,15,17). The minimum absolute atomic E-state index is 0.0261. The maximum absolute atomic E-state index is 11.3. The van der Waals surface area contributed by atoms with E-state index in [9.17, 15) is 9.90 Å². The Bertz CT molecular complexity index is 404. The van der Waals surface area contributed by atoms with E-state index in [0.29, 0.717) is 19.4 Å². The lowest BCUT2D eigenvalue weighted by Crippen LogP contribution is -2.22. The summed E-state index contributed by atoms with van der Waals surface area (Å²) in [6, 6.07) is 5.55. The Labute approximate surface area is 108 Å². The van der Waals surface area contributed by atoms with Crippen LogP contribution >= 0.6 is 0 Å². The third kappa shape index (κ3) is 4.04. The normalized spacial score (nSPS) is 12.0. The van der Waals surface area contributed by atoms with Gasteiger partial charge in [0.15, 0.2) is 0 Å². The highest BCUT2D eigenvalue weighted by atomic mass is 16.5. The Balaban J connectivity index is 2.58. The molecule has 1 rings (SSSR count). The summed E-state index contributed by atoms with van der Waals surface area (Å²) < 4.78 is 5.16. The van der Waals surface area contributed by atoms with E-state index in [1.54, 1.807) is 7.11 Å². The summed E-state index contributed by atoms with van der Waals surface area (Å²) in [6.07, 6.45) is 0.148. The molecule has 4 nitrogen and oxygen atoms in total. The van der Waals surface area contributed by atoms with Crippen molar-refractivity contribution in [1.82, 2.24) is 5.32 Å².